The molecule has 4 amide bonds. The van der Waals surface area contributed by atoms with Crippen LogP contribution in [-0.2, 0) is 19.1 Å². The summed E-state index contributed by atoms with van der Waals surface area (Å²) in [6.07, 6.45) is 5.33. The summed E-state index contributed by atoms with van der Waals surface area (Å²) in [6, 6.07) is 3.96. The van der Waals surface area contributed by atoms with Gasteiger partial charge in [-0.2, -0.15) is 5.10 Å². The van der Waals surface area contributed by atoms with Gasteiger partial charge in [-0.3, -0.25) is 9.59 Å². The Morgan fingerprint density at radius 1 is 0.833 bits per heavy atom. The number of methoxy groups -OCH3 is 2. The standard InChI is InChI=1S/C36H45N11O6S/c1-18(2)27(42-35(50)52-5)32(48)45-13-7-9-24(45)29-37-16-23(41-29)26-17-38-34-47(26)44-31(54-34)20-11-12-21-22(15-20)40-30(39-21)25-10-8-14-46(25)33(49)28(19(3)4)43-36(51)53-6/h11-12,15-19,24-25,27-28H,7-10,13-14H2,1-6H3,(H,37,41)(H,39,40)(H,42,50)(H,43,51)/t24?,25?,27-,28-/m0/s1. The zero-order valence-corrected chi connectivity index (χ0v) is 31.9. The molecular weight excluding hydrogens is 715 g/mol. The minimum absolute atomic E-state index is 0.125. The Balaban J connectivity index is 1.10. The number of aromatic nitrogens is 7. The molecule has 1 aromatic carbocycles. The van der Waals surface area contributed by atoms with Gasteiger partial charge < -0.3 is 39.9 Å². The van der Waals surface area contributed by atoms with E-state index in [0.717, 1.165) is 53.0 Å². The third-order valence-electron chi connectivity index (χ3n) is 10.2. The molecule has 4 N–H and O–H groups in total. The summed E-state index contributed by atoms with van der Waals surface area (Å²) in [5, 5.41) is 11.1. The molecule has 2 saturated heterocycles. The Bertz CT molecular complexity index is 2190. The zero-order valence-electron chi connectivity index (χ0n) is 31.1. The van der Waals surface area contributed by atoms with E-state index in [4.69, 9.17) is 19.6 Å². The molecule has 5 aromatic rings. The predicted molar refractivity (Wildman–Crippen MR) is 199 cm³/mol. The Morgan fingerprint density at radius 2 is 1.44 bits per heavy atom. The van der Waals surface area contributed by atoms with Crippen LogP contribution in [0.4, 0.5) is 9.59 Å². The van der Waals surface area contributed by atoms with E-state index in [1.54, 1.807) is 26.7 Å². The van der Waals surface area contributed by atoms with Crippen LogP contribution in [0.25, 0.3) is 38.0 Å². The number of nitrogens with zero attached hydrogens (tertiary/aromatic N) is 7. The molecule has 0 spiro atoms. The third-order valence-corrected chi connectivity index (χ3v) is 11.2. The molecule has 4 atom stereocenters. The van der Waals surface area contributed by atoms with Crippen LogP contribution in [0.2, 0.25) is 0 Å². The number of likely N-dealkylation sites (tertiary alicyclic amines) is 2. The van der Waals surface area contributed by atoms with E-state index in [0.29, 0.717) is 35.4 Å². The van der Waals surface area contributed by atoms with E-state index in [9.17, 15) is 19.2 Å². The summed E-state index contributed by atoms with van der Waals surface area (Å²) in [5.41, 5.74) is 3.91. The third kappa shape index (κ3) is 6.97. The van der Waals surface area contributed by atoms with Gasteiger partial charge in [-0.15, -0.1) is 0 Å². The zero-order chi connectivity index (χ0) is 38.3. The van der Waals surface area contributed by atoms with Gasteiger partial charge in [-0.1, -0.05) is 39.0 Å². The summed E-state index contributed by atoms with van der Waals surface area (Å²) in [5.74, 6) is 0.766. The predicted octanol–water partition coefficient (Wildman–Crippen LogP) is 4.81. The van der Waals surface area contributed by atoms with Gasteiger partial charge in [0.2, 0.25) is 16.8 Å². The van der Waals surface area contributed by atoms with E-state index in [-0.39, 0.29) is 35.7 Å². The molecule has 54 heavy (non-hydrogen) atoms. The number of benzene rings is 1. The summed E-state index contributed by atoms with van der Waals surface area (Å²) in [7, 11) is 2.56. The molecule has 2 fully saturated rings. The second-order valence-electron chi connectivity index (χ2n) is 14.4. The van der Waals surface area contributed by atoms with E-state index < -0.39 is 24.3 Å². The molecular formula is C36H45N11O6S. The monoisotopic (exact) mass is 759 g/mol. The van der Waals surface area contributed by atoms with Gasteiger partial charge in [0, 0.05) is 18.7 Å². The molecule has 2 aliphatic heterocycles. The second kappa shape index (κ2) is 15.1. The van der Waals surface area contributed by atoms with Crippen molar-refractivity contribution in [1.82, 2.24) is 55.0 Å². The fourth-order valence-electron chi connectivity index (χ4n) is 7.34. The van der Waals surface area contributed by atoms with Gasteiger partial charge in [0.25, 0.3) is 0 Å². The molecule has 17 nitrogen and oxygen atoms in total. The average Bonchev–Trinajstić information content (AvgIpc) is 4.00. The number of fused-ring (bicyclic) bond motifs is 2. The first-order valence-electron chi connectivity index (χ1n) is 18.2. The highest BCUT2D eigenvalue weighted by Crippen LogP contribution is 2.36. The van der Waals surface area contributed by atoms with Crippen LogP contribution < -0.4 is 10.6 Å². The molecule has 0 aliphatic carbocycles. The minimum atomic E-state index is -0.719. The quantitative estimate of drug-likeness (QED) is 0.153. The van der Waals surface area contributed by atoms with Crippen LogP contribution >= 0.6 is 11.3 Å². The highest BCUT2D eigenvalue weighted by atomic mass is 32.1. The van der Waals surface area contributed by atoms with Gasteiger partial charge in [0.05, 0.1) is 55.4 Å². The Hall–Kier alpha value is -5.52. The van der Waals surface area contributed by atoms with E-state index in [2.05, 4.69) is 30.6 Å². The Morgan fingerprint density at radius 3 is 2.04 bits per heavy atom. The maximum absolute atomic E-state index is 13.6. The first kappa shape index (κ1) is 36.8. The summed E-state index contributed by atoms with van der Waals surface area (Å²) >= 11 is 1.45. The first-order valence-corrected chi connectivity index (χ1v) is 19.0. The lowest BCUT2D eigenvalue weighted by atomic mass is 10.0. The molecule has 286 valence electrons. The first-order chi connectivity index (χ1) is 26.0. The number of carbonyl (C=O) groups is 4. The molecule has 0 radical (unpaired) electrons. The number of amides is 4. The normalized spacial score (nSPS) is 18.5. The van der Waals surface area contributed by atoms with Crippen molar-refractivity contribution in [2.75, 3.05) is 27.3 Å². The van der Waals surface area contributed by atoms with E-state index >= 15 is 0 Å². The van der Waals surface area contributed by atoms with Crippen LogP contribution in [0.15, 0.2) is 30.6 Å². The number of aromatic amines is 2. The number of alkyl carbamates (subject to hydrolysis) is 2. The SMILES string of the molecule is COC(=O)N[C@H](C(=O)N1CCCC1c1ncc(-c2cnc3sc(-c4ccc5nc(C6CCCN6C(=O)[C@@H](NC(=O)OC)C(C)C)[nH]c5c4)nn23)[nH]1)C(C)C. The molecule has 18 heteroatoms. The number of imidazole rings is 3. The lowest BCUT2D eigenvalue weighted by molar-refractivity contribution is -0.136. The molecule has 2 unspecified atom stereocenters. The van der Waals surface area contributed by atoms with Gasteiger partial charge in [-0.25, -0.2) is 29.1 Å². The maximum Gasteiger partial charge on any atom is 0.407 e. The van der Waals surface area contributed by atoms with E-state index in [1.165, 1.54) is 25.6 Å². The van der Waals surface area contributed by atoms with Gasteiger partial charge in [-0.05, 0) is 55.7 Å². The van der Waals surface area contributed by atoms with Crippen molar-refractivity contribution in [3.05, 3.63) is 42.2 Å². The maximum atomic E-state index is 13.6. The smallest absolute Gasteiger partial charge is 0.407 e. The van der Waals surface area contributed by atoms with Crippen molar-refractivity contribution in [2.24, 2.45) is 11.8 Å². The number of nitrogens with one attached hydrogen (secondary N) is 4. The molecule has 4 aromatic heterocycles. The molecule has 0 bridgehead atoms. The minimum Gasteiger partial charge on any atom is -0.453 e. The lowest BCUT2D eigenvalue weighted by Crippen LogP contribution is -2.51. The van der Waals surface area contributed by atoms with Gasteiger partial charge >= 0.3 is 12.2 Å². The van der Waals surface area contributed by atoms with Crippen molar-refractivity contribution in [3.63, 3.8) is 0 Å². The molecule has 0 saturated carbocycles. The molecule has 7 rings (SSSR count). The van der Waals surface area contributed by atoms with Crippen LogP contribution in [0.5, 0.6) is 0 Å². The number of H-pyrrole nitrogens is 2. The number of hydrogen-bond acceptors (Lipinski definition) is 11. The number of rotatable bonds is 10. The van der Waals surface area contributed by atoms with Gasteiger partial charge in [0.1, 0.15) is 34.4 Å². The van der Waals surface area contributed by atoms with E-state index in [1.807, 2.05) is 45.9 Å². The van der Waals surface area contributed by atoms with Crippen molar-refractivity contribution < 1.29 is 28.7 Å². The molecule has 2 aliphatic rings. The van der Waals surface area contributed by atoms with Crippen molar-refractivity contribution in [2.45, 2.75) is 77.5 Å². The average molecular weight is 760 g/mol. The molecule has 6 heterocycles. The highest BCUT2D eigenvalue weighted by Gasteiger charge is 2.39. The summed E-state index contributed by atoms with van der Waals surface area (Å²) < 4.78 is 11.3. The van der Waals surface area contributed by atoms with Crippen LogP contribution in [0.3, 0.4) is 0 Å². The number of ether oxygens (including phenoxy) is 2. The van der Waals surface area contributed by atoms with Crippen molar-refractivity contribution >= 4 is 51.3 Å². The Labute approximate surface area is 315 Å². The van der Waals surface area contributed by atoms with Crippen molar-refractivity contribution in [1.29, 1.82) is 0 Å². The Kier molecular flexibility index (Phi) is 10.3. The number of hydrogen-bond donors (Lipinski definition) is 4. The largest absolute Gasteiger partial charge is 0.453 e. The highest BCUT2D eigenvalue weighted by molar-refractivity contribution is 7.19. The fourth-order valence-corrected chi connectivity index (χ4v) is 8.21. The van der Waals surface area contributed by atoms with Crippen LogP contribution in [0.1, 0.15) is 77.1 Å². The summed E-state index contributed by atoms with van der Waals surface area (Å²) in [6.45, 7) is 8.69. The van der Waals surface area contributed by atoms with Crippen LogP contribution in [0, 0.1) is 11.8 Å². The van der Waals surface area contributed by atoms with Gasteiger partial charge in [0.15, 0.2) is 0 Å². The second-order valence-corrected chi connectivity index (χ2v) is 15.3. The summed E-state index contributed by atoms with van der Waals surface area (Å²) in [4.78, 5) is 76.5. The van der Waals surface area contributed by atoms with Crippen LogP contribution in [-0.4, -0.2) is 108 Å². The lowest BCUT2D eigenvalue weighted by Gasteiger charge is -2.30. The van der Waals surface area contributed by atoms with Crippen molar-refractivity contribution in [3.8, 4) is 22.0 Å². The topological polar surface area (TPSA) is 205 Å². The number of carbonyl (C=O) groups excluding carboxylic acids is 4. The fraction of sp³-hybridized carbons (Fsp3) is 0.500.